The molecule has 0 aromatic carbocycles. The van der Waals surface area contributed by atoms with Crippen molar-refractivity contribution in [2.24, 2.45) is 0 Å². The van der Waals surface area contributed by atoms with E-state index in [1.165, 1.54) is 0 Å². The maximum atomic E-state index is 11.2. The van der Waals surface area contributed by atoms with E-state index in [1.54, 1.807) is 0 Å². The van der Waals surface area contributed by atoms with E-state index < -0.39 is 19.9 Å². The molecule has 0 aliphatic heterocycles. The fraction of sp³-hybridized carbons (Fsp3) is 1.00. The molecule has 0 N–H and O–H groups in total. The normalized spacial score (nSPS) is 14.2. The molecule has 0 heterocycles. The lowest BCUT2D eigenvalue weighted by molar-refractivity contribution is -0.125. The summed E-state index contributed by atoms with van der Waals surface area (Å²) < 4.78 is 60.7. The second kappa shape index (κ2) is 5.97. The van der Waals surface area contributed by atoms with Crippen LogP contribution in [0.5, 0.6) is 0 Å². The van der Waals surface area contributed by atoms with E-state index in [1.807, 2.05) is 0 Å². The fourth-order valence-electron chi connectivity index (χ4n) is 0. The Morgan fingerprint density at radius 1 is 0.438 bits per heavy atom. The molecule has 0 nitrogen and oxygen atoms in total. The average Bonchev–Trinajstić information content (AvgIpc) is 1.77. The van der Waals surface area contributed by atoms with Crippen LogP contribution in [0.2, 0.25) is 0 Å². The lowest BCUT2D eigenvalue weighted by Crippen LogP contribution is -2.27. The summed E-state index contributed by atoms with van der Waals surface area (Å²) in [7, 11) is 0. The standard InChI is InChI=1S/2C2Cl3F3/c2*3-1(4,5)2(6,7)8. The Morgan fingerprint density at radius 3 is 0.500 bits per heavy atom. The fourth-order valence-corrected chi connectivity index (χ4v) is 0. The average molecular weight is 375 g/mol. The molecular formula is C4Cl6F6. The Hall–Kier alpha value is 1.32. The van der Waals surface area contributed by atoms with Crippen molar-refractivity contribution in [3.05, 3.63) is 0 Å². The first kappa shape index (κ1) is 19.7. The second-order valence-corrected chi connectivity index (χ2v) is 6.55. The molecule has 0 amide bonds. The van der Waals surface area contributed by atoms with Gasteiger partial charge in [-0.25, -0.2) is 0 Å². The zero-order valence-corrected chi connectivity index (χ0v) is 11.1. The summed E-state index contributed by atoms with van der Waals surface area (Å²) in [4.78, 5) is 0. The summed E-state index contributed by atoms with van der Waals surface area (Å²) in [5.41, 5.74) is 0. The van der Waals surface area contributed by atoms with Gasteiger partial charge in [0.2, 0.25) is 0 Å². The molecule has 0 saturated heterocycles. The van der Waals surface area contributed by atoms with Gasteiger partial charge in [0.05, 0.1) is 0 Å². The Balaban J connectivity index is 0. The van der Waals surface area contributed by atoms with Crippen LogP contribution in [0.25, 0.3) is 0 Å². The molecule has 0 radical (unpaired) electrons. The molecule has 0 fully saturated rings. The topological polar surface area (TPSA) is 0 Å². The summed E-state index contributed by atoms with van der Waals surface area (Å²) in [6, 6.07) is 0. The predicted molar refractivity (Wildman–Crippen MR) is 52.7 cm³/mol. The summed E-state index contributed by atoms with van der Waals surface area (Å²) in [5, 5.41) is 0. The van der Waals surface area contributed by atoms with Gasteiger partial charge in [-0.1, -0.05) is 69.6 Å². The predicted octanol–water partition coefficient (Wildman–Crippen LogP) is 5.84. The third-order valence-electron chi connectivity index (χ3n) is 0.643. The minimum Gasteiger partial charge on any atom is -0.166 e. The van der Waals surface area contributed by atoms with Gasteiger partial charge >= 0.3 is 12.4 Å². The first-order valence-electron chi connectivity index (χ1n) is 2.77. The highest BCUT2D eigenvalue weighted by Gasteiger charge is 2.51. The molecule has 0 bridgehead atoms. The van der Waals surface area contributed by atoms with E-state index >= 15 is 0 Å². The molecule has 0 aromatic rings. The zero-order valence-electron chi connectivity index (χ0n) is 6.54. The van der Waals surface area contributed by atoms with Crippen LogP contribution >= 0.6 is 69.6 Å². The van der Waals surface area contributed by atoms with Crippen LogP contribution in [0.4, 0.5) is 26.3 Å². The molecule has 0 aliphatic rings. The number of alkyl halides is 12. The molecule has 0 spiro atoms. The molecule has 16 heavy (non-hydrogen) atoms. The van der Waals surface area contributed by atoms with Crippen molar-refractivity contribution in [1.82, 2.24) is 0 Å². The van der Waals surface area contributed by atoms with E-state index in [2.05, 4.69) is 69.6 Å². The van der Waals surface area contributed by atoms with Crippen molar-refractivity contribution in [2.75, 3.05) is 0 Å². The highest BCUT2D eigenvalue weighted by Crippen LogP contribution is 2.43. The monoisotopic (exact) mass is 372 g/mol. The largest absolute Gasteiger partial charge is 0.435 e. The minimum absolute atomic E-state index is 3.15. The summed E-state index contributed by atoms with van der Waals surface area (Å²) in [6.07, 6.45) is -9.53. The van der Waals surface area contributed by atoms with Gasteiger partial charge in [-0.15, -0.1) is 0 Å². The number of hydrogen-bond donors (Lipinski definition) is 0. The zero-order chi connectivity index (χ0) is 14.0. The van der Waals surface area contributed by atoms with Gasteiger partial charge in [0, 0.05) is 0 Å². The molecule has 12 heteroatoms. The lowest BCUT2D eigenvalue weighted by Gasteiger charge is -2.13. The molecule has 0 rings (SSSR count). The van der Waals surface area contributed by atoms with Crippen molar-refractivity contribution in [3.8, 4) is 0 Å². The van der Waals surface area contributed by atoms with E-state index in [-0.39, 0.29) is 0 Å². The van der Waals surface area contributed by atoms with Gasteiger partial charge < -0.3 is 0 Å². The van der Waals surface area contributed by atoms with Gasteiger partial charge in [-0.2, -0.15) is 26.3 Å². The van der Waals surface area contributed by atoms with E-state index in [4.69, 9.17) is 0 Å². The molecule has 0 atom stereocenters. The summed E-state index contributed by atoms with van der Waals surface area (Å²) in [6.45, 7) is 0. The van der Waals surface area contributed by atoms with Gasteiger partial charge in [0.1, 0.15) is 0 Å². The van der Waals surface area contributed by atoms with E-state index in [0.717, 1.165) is 0 Å². The van der Waals surface area contributed by atoms with Crippen molar-refractivity contribution < 1.29 is 26.3 Å². The van der Waals surface area contributed by atoms with Gasteiger partial charge in [-0.05, 0) is 0 Å². The molecule has 100 valence electrons. The Bertz CT molecular complexity index is 159. The molecular weight excluding hydrogens is 375 g/mol. The van der Waals surface area contributed by atoms with Crippen LogP contribution in [0, 0.1) is 0 Å². The summed E-state index contributed by atoms with van der Waals surface area (Å²) >= 11 is 26.5. The van der Waals surface area contributed by atoms with Crippen molar-refractivity contribution in [1.29, 1.82) is 0 Å². The first-order chi connectivity index (χ1) is 6.50. The SMILES string of the molecule is FC(F)(F)C(Cl)(Cl)Cl.FC(F)(F)C(Cl)(Cl)Cl. The smallest absolute Gasteiger partial charge is 0.166 e. The number of rotatable bonds is 0. The third-order valence-corrected chi connectivity index (χ3v) is 1.93. The Morgan fingerprint density at radius 2 is 0.500 bits per heavy atom. The van der Waals surface area contributed by atoms with Crippen LogP contribution < -0.4 is 0 Å². The van der Waals surface area contributed by atoms with Crippen LogP contribution in [0.3, 0.4) is 0 Å². The number of hydrogen-bond acceptors (Lipinski definition) is 0. The number of halogens is 12. The second-order valence-electron chi connectivity index (χ2n) is 1.99. The molecule has 0 unspecified atom stereocenters. The maximum absolute atomic E-state index is 11.2. The van der Waals surface area contributed by atoms with Crippen molar-refractivity contribution in [2.45, 2.75) is 19.9 Å². The van der Waals surface area contributed by atoms with Gasteiger partial charge in [-0.3, -0.25) is 0 Å². The van der Waals surface area contributed by atoms with E-state index in [9.17, 15) is 26.3 Å². The molecule has 0 aliphatic carbocycles. The molecule has 0 saturated carbocycles. The lowest BCUT2D eigenvalue weighted by atomic mass is 10.8. The van der Waals surface area contributed by atoms with E-state index in [0.29, 0.717) is 0 Å². The third kappa shape index (κ3) is 8.42. The maximum Gasteiger partial charge on any atom is 0.435 e. The first-order valence-corrected chi connectivity index (χ1v) is 5.04. The van der Waals surface area contributed by atoms with Crippen LogP contribution in [-0.2, 0) is 0 Å². The van der Waals surface area contributed by atoms with Gasteiger partial charge in [0.15, 0.2) is 0 Å². The highest BCUT2D eigenvalue weighted by atomic mass is 35.6. The quantitative estimate of drug-likeness (QED) is 0.369. The van der Waals surface area contributed by atoms with Crippen LogP contribution in [-0.4, -0.2) is 19.9 Å². The molecule has 0 aromatic heterocycles. The minimum atomic E-state index is -4.77. The Labute approximate surface area is 116 Å². The van der Waals surface area contributed by atoms with Gasteiger partial charge in [0.25, 0.3) is 7.59 Å². The van der Waals surface area contributed by atoms with Crippen LogP contribution in [0.1, 0.15) is 0 Å². The summed E-state index contributed by atoms with van der Waals surface area (Å²) in [5.74, 6) is 0. The van der Waals surface area contributed by atoms with Crippen LogP contribution in [0.15, 0.2) is 0 Å². The highest BCUT2D eigenvalue weighted by molar-refractivity contribution is 6.68. The Kier molecular flexibility index (Phi) is 7.34. The van der Waals surface area contributed by atoms with Crippen molar-refractivity contribution in [3.63, 3.8) is 0 Å². The van der Waals surface area contributed by atoms with Crippen molar-refractivity contribution >= 4 is 69.6 Å².